The fraction of sp³-hybridized carbons (Fsp3) is 0.235. The summed E-state index contributed by atoms with van der Waals surface area (Å²) in [5, 5.41) is 9.44. The molecular weight excluding hydrogens is 250 g/mol. The van der Waals surface area contributed by atoms with Gasteiger partial charge in [-0.05, 0) is 29.7 Å². The summed E-state index contributed by atoms with van der Waals surface area (Å²) in [5.74, 6) is -0.0648. The van der Waals surface area contributed by atoms with Gasteiger partial charge in [0.05, 0.1) is 0 Å². The molecule has 20 heavy (non-hydrogen) atoms. The lowest BCUT2D eigenvalue weighted by Crippen LogP contribution is -2.26. The van der Waals surface area contributed by atoms with E-state index in [1.165, 1.54) is 0 Å². The van der Waals surface area contributed by atoms with E-state index in [0.717, 1.165) is 11.1 Å². The molecule has 0 radical (unpaired) electrons. The molecule has 0 heterocycles. The van der Waals surface area contributed by atoms with Crippen molar-refractivity contribution in [3.8, 4) is 5.75 Å². The molecule has 1 amide bonds. The summed E-state index contributed by atoms with van der Waals surface area (Å²) in [6.07, 6.45) is 0.962. The second-order valence-electron chi connectivity index (χ2n) is 5.21. The van der Waals surface area contributed by atoms with Crippen molar-refractivity contribution < 1.29 is 9.90 Å². The Morgan fingerprint density at radius 1 is 1.05 bits per heavy atom. The van der Waals surface area contributed by atoms with Gasteiger partial charge in [0.1, 0.15) is 5.75 Å². The maximum Gasteiger partial charge on any atom is 0.217 e. The maximum atomic E-state index is 11.1. The van der Waals surface area contributed by atoms with Crippen molar-refractivity contribution in [1.82, 2.24) is 0 Å². The third kappa shape index (κ3) is 2.99. The van der Waals surface area contributed by atoms with Gasteiger partial charge in [-0.15, -0.1) is 0 Å². The van der Waals surface area contributed by atoms with E-state index >= 15 is 0 Å². The third-order valence-corrected chi connectivity index (χ3v) is 3.79. The molecule has 2 aromatic rings. The first-order valence-electron chi connectivity index (χ1n) is 6.66. The topological polar surface area (TPSA) is 63.3 Å². The number of nitrogens with two attached hydrogens (primary N) is 1. The van der Waals surface area contributed by atoms with E-state index in [9.17, 15) is 9.90 Å². The number of rotatable bonds is 5. The van der Waals surface area contributed by atoms with E-state index in [0.29, 0.717) is 12.8 Å². The van der Waals surface area contributed by atoms with Crippen LogP contribution in [0.1, 0.15) is 30.9 Å². The molecule has 0 saturated carbocycles. The second kappa shape index (κ2) is 5.78. The zero-order chi connectivity index (χ0) is 14.6. The minimum atomic E-state index is -0.302. The summed E-state index contributed by atoms with van der Waals surface area (Å²) in [4.78, 5) is 11.1. The first-order chi connectivity index (χ1) is 9.52. The quantitative estimate of drug-likeness (QED) is 0.876. The van der Waals surface area contributed by atoms with Crippen LogP contribution in [0.2, 0.25) is 0 Å². The Bertz CT molecular complexity index is 578. The third-order valence-electron chi connectivity index (χ3n) is 3.79. The van der Waals surface area contributed by atoms with Crippen LogP contribution in [0, 0.1) is 0 Å². The van der Waals surface area contributed by atoms with Crippen molar-refractivity contribution in [2.24, 2.45) is 5.73 Å². The summed E-state index contributed by atoms with van der Waals surface area (Å²) >= 11 is 0. The second-order valence-corrected chi connectivity index (χ2v) is 5.21. The van der Waals surface area contributed by atoms with E-state index in [4.69, 9.17) is 5.73 Å². The summed E-state index contributed by atoms with van der Waals surface area (Å²) in [7, 11) is 0. The largest absolute Gasteiger partial charge is 0.508 e. The number of benzene rings is 2. The number of hydrogen-bond donors (Lipinski definition) is 2. The van der Waals surface area contributed by atoms with Crippen LogP contribution in [0.25, 0.3) is 0 Å². The van der Waals surface area contributed by atoms with Crippen LogP contribution < -0.4 is 5.73 Å². The van der Waals surface area contributed by atoms with Gasteiger partial charge in [0.15, 0.2) is 0 Å². The van der Waals surface area contributed by atoms with Crippen molar-refractivity contribution in [3.63, 3.8) is 0 Å². The molecule has 3 heteroatoms. The van der Waals surface area contributed by atoms with Crippen LogP contribution in [-0.2, 0) is 10.2 Å². The first kappa shape index (κ1) is 14.1. The highest BCUT2D eigenvalue weighted by molar-refractivity contribution is 5.74. The molecule has 2 rings (SSSR count). The van der Waals surface area contributed by atoms with Gasteiger partial charge in [-0.3, -0.25) is 4.79 Å². The molecule has 104 valence electrons. The SMILES string of the molecule is CC(CCC(N)=O)(c1ccccc1)c1ccc(O)cc1. The highest BCUT2D eigenvalue weighted by atomic mass is 16.3. The van der Waals surface area contributed by atoms with Crippen molar-refractivity contribution in [3.05, 3.63) is 65.7 Å². The summed E-state index contributed by atoms with van der Waals surface area (Å²) in [5.41, 5.74) is 7.19. The molecule has 0 aliphatic heterocycles. The zero-order valence-corrected chi connectivity index (χ0v) is 11.5. The predicted molar refractivity (Wildman–Crippen MR) is 79.4 cm³/mol. The van der Waals surface area contributed by atoms with E-state index in [2.05, 4.69) is 6.92 Å². The Kier molecular flexibility index (Phi) is 4.08. The van der Waals surface area contributed by atoms with Crippen molar-refractivity contribution in [2.75, 3.05) is 0 Å². The first-order valence-corrected chi connectivity index (χ1v) is 6.66. The van der Waals surface area contributed by atoms with Gasteiger partial charge in [-0.1, -0.05) is 49.4 Å². The van der Waals surface area contributed by atoms with Crippen LogP contribution in [0.3, 0.4) is 0 Å². The molecule has 3 N–H and O–H groups in total. The number of hydrogen-bond acceptors (Lipinski definition) is 2. The van der Waals surface area contributed by atoms with Crippen LogP contribution in [0.5, 0.6) is 5.75 Å². The standard InChI is InChI=1S/C17H19NO2/c1-17(12-11-16(18)20,13-5-3-2-4-6-13)14-7-9-15(19)10-8-14/h2-10,19H,11-12H2,1H3,(H2,18,20). The van der Waals surface area contributed by atoms with Gasteiger partial charge >= 0.3 is 0 Å². The van der Waals surface area contributed by atoms with Crippen molar-refractivity contribution in [1.29, 1.82) is 0 Å². The number of aromatic hydroxyl groups is 1. The lowest BCUT2D eigenvalue weighted by Gasteiger charge is -2.31. The van der Waals surface area contributed by atoms with Crippen LogP contribution in [-0.4, -0.2) is 11.0 Å². The summed E-state index contributed by atoms with van der Waals surface area (Å²) in [6, 6.07) is 17.2. The van der Waals surface area contributed by atoms with E-state index in [1.54, 1.807) is 12.1 Å². The van der Waals surface area contributed by atoms with Gasteiger partial charge in [0, 0.05) is 11.8 Å². The van der Waals surface area contributed by atoms with Gasteiger partial charge in [0.25, 0.3) is 0 Å². The Morgan fingerprint density at radius 2 is 1.60 bits per heavy atom. The number of amides is 1. The van der Waals surface area contributed by atoms with Gasteiger partial charge in [-0.25, -0.2) is 0 Å². The normalized spacial score (nSPS) is 13.7. The van der Waals surface area contributed by atoms with E-state index in [1.807, 2.05) is 42.5 Å². The molecule has 2 aromatic carbocycles. The monoisotopic (exact) mass is 269 g/mol. The highest BCUT2D eigenvalue weighted by Gasteiger charge is 2.29. The number of carbonyl (C=O) groups excluding carboxylic acids is 1. The molecule has 1 atom stereocenters. The molecular formula is C17H19NO2. The van der Waals surface area contributed by atoms with Crippen LogP contribution >= 0.6 is 0 Å². The van der Waals surface area contributed by atoms with Crippen molar-refractivity contribution >= 4 is 5.91 Å². The number of carbonyl (C=O) groups is 1. The Balaban J connectivity index is 2.43. The van der Waals surface area contributed by atoms with Crippen molar-refractivity contribution in [2.45, 2.75) is 25.2 Å². The lowest BCUT2D eigenvalue weighted by atomic mass is 9.73. The summed E-state index contributed by atoms with van der Waals surface area (Å²) < 4.78 is 0. The molecule has 1 unspecified atom stereocenters. The zero-order valence-electron chi connectivity index (χ0n) is 11.5. The van der Waals surface area contributed by atoms with Crippen LogP contribution in [0.4, 0.5) is 0 Å². The molecule has 0 bridgehead atoms. The number of primary amides is 1. The Labute approximate surface area is 119 Å². The highest BCUT2D eigenvalue weighted by Crippen LogP contribution is 2.36. The fourth-order valence-electron chi connectivity index (χ4n) is 2.46. The Morgan fingerprint density at radius 3 is 2.15 bits per heavy atom. The molecule has 3 nitrogen and oxygen atoms in total. The smallest absolute Gasteiger partial charge is 0.217 e. The van der Waals surface area contributed by atoms with Gasteiger partial charge in [0.2, 0.25) is 5.91 Å². The molecule has 0 aliphatic carbocycles. The average molecular weight is 269 g/mol. The summed E-state index contributed by atoms with van der Waals surface area (Å²) in [6.45, 7) is 2.09. The Hall–Kier alpha value is -2.29. The van der Waals surface area contributed by atoms with E-state index in [-0.39, 0.29) is 17.1 Å². The minimum absolute atomic E-state index is 0.235. The molecule has 0 aliphatic rings. The van der Waals surface area contributed by atoms with Gasteiger partial charge < -0.3 is 10.8 Å². The fourth-order valence-corrected chi connectivity index (χ4v) is 2.46. The number of phenols is 1. The lowest BCUT2D eigenvalue weighted by molar-refractivity contribution is -0.118. The van der Waals surface area contributed by atoms with E-state index < -0.39 is 0 Å². The molecule has 0 saturated heterocycles. The van der Waals surface area contributed by atoms with Gasteiger partial charge in [-0.2, -0.15) is 0 Å². The molecule has 0 aromatic heterocycles. The number of phenolic OH excluding ortho intramolecular Hbond substituents is 1. The molecule has 0 spiro atoms. The minimum Gasteiger partial charge on any atom is -0.508 e. The average Bonchev–Trinajstić information content (AvgIpc) is 2.46. The van der Waals surface area contributed by atoms with Crippen LogP contribution in [0.15, 0.2) is 54.6 Å². The molecule has 0 fully saturated rings. The predicted octanol–water partition coefficient (Wildman–Crippen LogP) is 2.96. The maximum absolute atomic E-state index is 11.1.